The summed E-state index contributed by atoms with van der Waals surface area (Å²) in [5, 5.41) is 12.4. The van der Waals surface area contributed by atoms with Crippen LogP contribution in [-0.2, 0) is 4.79 Å². The third-order valence-electron chi connectivity index (χ3n) is 4.09. The molecule has 1 aromatic heterocycles. The van der Waals surface area contributed by atoms with Crippen LogP contribution in [0.3, 0.4) is 0 Å². The molecule has 0 spiro atoms. The van der Waals surface area contributed by atoms with Crippen LogP contribution in [0.2, 0.25) is 5.02 Å². The van der Waals surface area contributed by atoms with Crippen LogP contribution in [-0.4, -0.2) is 46.7 Å². The number of aromatic nitrogens is 1. The number of halogens is 1. The molecule has 3 N–H and O–H groups in total. The standard InChI is InChI=1S/C18H25ClN4O2/c1-13(2)5-8-23-9-6-15(7-10-23)21-18-16(19)11-14(12-20-18)3-4-17(24)22-25/h3-5,11-12,15,25H,6-10H2,1-2H3,(H,20,21)(H,22,24)/b4-3+. The first kappa shape index (κ1) is 19.4. The quantitative estimate of drug-likeness (QED) is 0.313. The fourth-order valence-corrected chi connectivity index (χ4v) is 2.85. The van der Waals surface area contributed by atoms with Crippen molar-refractivity contribution in [3.8, 4) is 0 Å². The van der Waals surface area contributed by atoms with Crippen LogP contribution in [0.15, 0.2) is 30.0 Å². The van der Waals surface area contributed by atoms with E-state index >= 15 is 0 Å². The smallest absolute Gasteiger partial charge is 0.267 e. The largest absolute Gasteiger partial charge is 0.366 e. The first-order valence-corrected chi connectivity index (χ1v) is 8.75. The van der Waals surface area contributed by atoms with Gasteiger partial charge in [-0.2, -0.15) is 0 Å². The molecule has 0 aliphatic carbocycles. The molecule has 0 aromatic carbocycles. The number of pyridine rings is 1. The zero-order valence-electron chi connectivity index (χ0n) is 14.6. The minimum atomic E-state index is -0.599. The average molecular weight is 365 g/mol. The van der Waals surface area contributed by atoms with Gasteiger partial charge < -0.3 is 5.32 Å². The number of allylic oxidation sites excluding steroid dienone is 1. The first-order valence-electron chi connectivity index (χ1n) is 8.38. The lowest BCUT2D eigenvalue weighted by Crippen LogP contribution is -2.39. The topological polar surface area (TPSA) is 77.5 Å². The Morgan fingerprint density at radius 1 is 1.44 bits per heavy atom. The van der Waals surface area contributed by atoms with Crippen molar-refractivity contribution in [2.24, 2.45) is 0 Å². The summed E-state index contributed by atoms with van der Waals surface area (Å²) in [5.41, 5.74) is 3.57. The third-order valence-corrected chi connectivity index (χ3v) is 4.37. The molecule has 6 nitrogen and oxygen atoms in total. The van der Waals surface area contributed by atoms with E-state index in [-0.39, 0.29) is 0 Å². The van der Waals surface area contributed by atoms with Gasteiger partial charge in [0.05, 0.1) is 5.02 Å². The molecule has 1 aromatic rings. The summed E-state index contributed by atoms with van der Waals surface area (Å²) in [6.07, 6.45) is 8.74. The van der Waals surface area contributed by atoms with E-state index in [0.717, 1.165) is 32.5 Å². The Balaban J connectivity index is 1.88. The highest BCUT2D eigenvalue weighted by Crippen LogP contribution is 2.24. The molecule has 0 bridgehead atoms. The van der Waals surface area contributed by atoms with Gasteiger partial charge in [-0.05, 0) is 44.4 Å². The van der Waals surface area contributed by atoms with E-state index < -0.39 is 5.91 Å². The number of hydrogen-bond donors (Lipinski definition) is 3. The molecule has 1 aliphatic rings. The number of hydrogen-bond acceptors (Lipinski definition) is 5. The fourth-order valence-electron chi connectivity index (χ4n) is 2.62. The summed E-state index contributed by atoms with van der Waals surface area (Å²) in [4.78, 5) is 17.8. The normalized spacial score (nSPS) is 16.0. The molecule has 0 radical (unpaired) electrons. The zero-order chi connectivity index (χ0) is 18.2. The third kappa shape index (κ3) is 6.49. The number of carbonyl (C=O) groups is 1. The maximum Gasteiger partial charge on any atom is 0.267 e. The Morgan fingerprint density at radius 2 is 2.16 bits per heavy atom. The number of hydroxylamine groups is 1. The van der Waals surface area contributed by atoms with Crippen molar-refractivity contribution in [1.29, 1.82) is 0 Å². The van der Waals surface area contributed by atoms with E-state index in [2.05, 4.69) is 35.1 Å². The highest BCUT2D eigenvalue weighted by Gasteiger charge is 2.19. The molecule has 2 heterocycles. The van der Waals surface area contributed by atoms with Crippen molar-refractivity contribution < 1.29 is 10.0 Å². The molecule has 1 fully saturated rings. The summed E-state index contributed by atoms with van der Waals surface area (Å²) in [5.74, 6) is 0.0615. The van der Waals surface area contributed by atoms with Crippen LogP contribution in [0.4, 0.5) is 5.82 Å². The molecule has 7 heteroatoms. The van der Waals surface area contributed by atoms with Gasteiger partial charge in [0.2, 0.25) is 0 Å². The lowest BCUT2D eigenvalue weighted by atomic mass is 10.0. The minimum Gasteiger partial charge on any atom is -0.366 e. The number of anilines is 1. The van der Waals surface area contributed by atoms with Gasteiger partial charge in [-0.15, -0.1) is 0 Å². The maximum atomic E-state index is 11.0. The predicted molar refractivity (Wildman–Crippen MR) is 101 cm³/mol. The zero-order valence-corrected chi connectivity index (χ0v) is 15.4. The summed E-state index contributed by atoms with van der Waals surface area (Å²) < 4.78 is 0. The SMILES string of the molecule is CC(C)=CCN1CCC(Nc2ncc(/C=C/C(=O)NO)cc2Cl)CC1. The van der Waals surface area contributed by atoms with Gasteiger partial charge in [0.25, 0.3) is 5.91 Å². The Morgan fingerprint density at radius 3 is 2.76 bits per heavy atom. The molecule has 0 unspecified atom stereocenters. The molecule has 0 atom stereocenters. The Hall–Kier alpha value is -1.89. The van der Waals surface area contributed by atoms with Gasteiger partial charge in [-0.1, -0.05) is 23.3 Å². The monoisotopic (exact) mass is 364 g/mol. The van der Waals surface area contributed by atoms with Gasteiger partial charge in [-0.3, -0.25) is 14.9 Å². The Kier molecular flexibility index (Phi) is 7.43. The van der Waals surface area contributed by atoms with Crippen LogP contribution >= 0.6 is 11.6 Å². The second-order valence-electron chi connectivity index (χ2n) is 6.41. The second-order valence-corrected chi connectivity index (χ2v) is 6.82. The Labute approximate surface area is 153 Å². The van der Waals surface area contributed by atoms with E-state index in [9.17, 15) is 4.79 Å². The number of nitrogens with one attached hydrogen (secondary N) is 2. The number of carbonyl (C=O) groups excluding carboxylic acids is 1. The first-order chi connectivity index (χ1) is 12.0. The molecule has 136 valence electrons. The average Bonchev–Trinajstić information content (AvgIpc) is 2.61. The summed E-state index contributed by atoms with van der Waals surface area (Å²) in [6.45, 7) is 7.36. The molecular formula is C18H25ClN4O2. The maximum absolute atomic E-state index is 11.0. The molecule has 25 heavy (non-hydrogen) atoms. The van der Waals surface area contributed by atoms with Crippen LogP contribution in [0.1, 0.15) is 32.3 Å². The Bertz CT molecular complexity index is 648. The van der Waals surface area contributed by atoms with E-state index in [1.165, 1.54) is 23.2 Å². The van der Waals surface area contributed by atoms with E-state index in [4.69, 9.17) is 16.8 Å². The van der Waals surface area contributed by atoms with Gasteiger partial charge in [-0.25, -0.2) is 10.5 Å². The van der Waals surface area contributed by atoms with E-state index in [1.54, 1.807) is 12.3 Å². The summed E-state index contributed by atoms with van der Waals surface area (Å²) in [7, 11) is 0. The van der Waals surface area contributed by atoms with Gasteiger partial charge in [0.15, 0.2) is 0 Å². The van der Waals surface area contributed by atoms with Crippen LogP contribution in [0.5, 0.6) is 0 Å². The van der Waals surface area contributed by atoms with Crippen LogP contribution < -0.4 is 10.8 Å². The predicted octanol–water partition coefficient (Wildman–Crippen LogP) is 3.10. The van der Waals surface area contributed by atoms with Crippen LogP contribution in [0.25, 0.3) is 6.08 Å². The number of rotatable bonds is 6. The van der Waals surface area contributed by atoms with Crippen molar-refractivity contribution in [3.05, 3.63) is 40.6 Å². The van der Waals surface area contributed by atoms with Gasteiger partial charge in [0.1, 0.15) is 5.82 Å². The molecular weight excluding hydrogens is 340 g/mol. The number of amides is 1. The molecule has 0 saturated carbocycles. The number of piperidine rings is 1. The van der Waals surface area contributed by atoms with Crippen molar-refractivity contribution in [3.63, 3.8) is 0 Å². The second kappa shape index (κ2) is 9.56. The van der Waals surface area contributed by atoms with Crippen molar-refractivity contribution in [2.75, 3.05) is 25.0 Å². The lowest BCUT2D eigenvalue weighted by molar-refractivity contribution is -0.124. The van der Waals surface area contributed by atoms with Crippen molar-refractivity contribution >= 4 is 29.4 Å². The number of likely N-dealkylation sites (tertiary alicyclic amines) is 1. The molecule has 1 aliphatic heterocycles. The van der Waals surface area contributed by atoms with Gasteiger partial charge >= 0.3 is 0 Å². The minimum absolute atomic E-state index is 0.356. The van der Waals surface area contributed by atoms with Crippen molar-refractivity contribution in [2.45, 2.75) is 32.7 Å². The molecule has 1 amide bonds. The number of nitrogens with zero attached hydrogens (tertiary/aromatic N) is 2. The summed E-state index contributed by atoms with van der Waals surface area (Å²) >= 11 is 6.28. The molecule has 1 saturated heterocycles. The highest BCUT2D eigenvalue weighted by atomic mass is 35.5. The lowest BCUT2D eigenvalue weighted by Gasteiger charge is -2.32. The highest BCUT2D eigenvalue weighted by molar-refractivity contribution is 6.33. The van der Waals surface area contributed by atoms with E-state index in [0.29, 0.717) is 22.4 Å². The van der Waals surface area contributed by atoms with Crippen LogP contribution in [0, 0.1) is 0 Å². The van der Waals surface area contributed by atoms with E-state index in [1.807, 2.05) is 0 Å². The van der Waals surface area contributed by atoms with Gasteiger partial charge in [0, 0.05) is 37.9 Å². The molecule has 2 rings (SSSR count). The summed E-state index contributed by atoms with van der Waals surface area (Å²) in [6, 6.07) is 2.09. The van der Waals surface area contributed by atoms with Crippen molar-refractivity contribution in [1.82, 2.24) is 15.4 Å². The fraction of sp³-hybridized carbons (Fsp3) is 0.444.